The smallest absolute Gasteiger partial charge is 0.0781 e. The van der Waals surface area contributed by atoms with E-state index < -0.39 is 0 Å². The summed E-state index contributed by atoms with van der Waals surface area (Å²) in [4.78, 5) is 0. The van der Waals surface area contributed by atoms with Crippen LogP contribution >= 0.6 is 11.5 Å². The predicted octanol–water partition coefficient (Wildman–Crippen LogP) is 1.49. The van der Waals surface area contributed by atoms with Crippen molar-refractivity contribution in [1.82, 2.24) is 9.59 Å². The van der Waals surface area contributed by atoms with Crippen molar-refractivity contribution in [2.45, 2.75) is 31.8 Å². The first-order valence-corrected chi connectivity index (χ1v) is 6.14. The summed E-state index contributed by atoms with van der Waals surface area (Å²) < 4.78 is 3.81. The van der Waals surface area contributed by atoms with E-state index in [2.05, 4.69) is 9.59 Å². The van der Waals surface area contributed by atoms with Gasteiger partial charge < -0.3 is 5.11 Å². The zero-order chi connectivity index (χ0) is 9.54. The molecule has 2 aliphatic rings. The maximum absolute atomic E-state index is 10.0. The van der Waals surface area contributed by atoms with Gasteiger partial charge in [0.25, 0.3) is 0 Å². The summed E-state index contributed by atoms with van der Waals surface area (Å²) in [6, 6.07) is 0. The molecule has 0 spiro atoms. The lowest BCUT2D eigenvalue weighted by atomic mass is 10.0. The number of rotatable bonds is 3. The van der Waals surface area contributed by atoms with E-state index in [0.29, 0.717) is 12.3 Å². The fraction of sp³-hybridized carbons (Fsp3) is 0.800. The van der Waals surface area contributed by atoms with Crippen molar-refractivity contribution in [3.63, 3.8) is 0 Å². The molecule has 0 aliphatic heterocycles. The highest BCUT2D eigenvalue weighted by molar-refractivity contribution is 7.03. The lowest BCUT2D eigenvalue weighted by molar-refractivity contribution is 0.134. The molecule has 14 heavy (non-hydrogen) atoms. The van der Waals surface area contributed by atoms with Gasteiger partial charge in [0.05, 0.1) is 11.8 Å². The first kappa shape index (κ1) is 8.80. The van der Waals surface area contributed by atoms with Crippen LogP contribution in [0.2, 0.25) is 0 Å². The van der Waals surface area contributed by atoms with Gasteiger partial charge in [-0.25, -0.2) is 0 Å². The number of aliphatic hydroxyl groups excluding tert-OH is 1. The van der Waals surface area contributed by atoms with E-state index in [0.717, 1.165) is 17.5 Å². The van der Waals surface area contributed by atoms with Crippen molar-refractivity contribution >= 4 is 11.5 Å². The zero-order valence-corrected chi connectivity index (χ0v) is 8.78. The second kappa shape index (κ2) is 3.28. The quantitative estimate of drug-likeness (QED) is 0.822. The maximum Gasteiger partial charge on any atom is 0.0781 e. The summed E-state index contributed by atoms with van der Waals surface area (Å²) in [6.07, 6.45) is 4.57. The lowest BCUT2D eigenvalue weighted by Gasteiger charge is -2.10. The highest BCUT2D eigenvalue weighted by Crippen LogP contribution is 2.59. The Morgan fingerprint density at radius 3 is 2.93 bits per heavy atom. The molecule has 1 N–H and O–H groups in total. The Kier molecular flexibility index (Phi) is 2.06. The van der Waals surface area contributed by atoms with E-state index >= 15 is 0 Å². The molecule has 0 amide bonds. The summed E-state index contributed by atoms with van der Waals surface area (Å²) in [6.45, 7) is 0. The van der Waals surface area contributed by atoms with Gasteiger partial charge in [0.15, 0.2) is 0 Å². The summed E-state index contributed by atoms with van der Waals surface area (Å²) in [5, 5.41) is 15.9. The van der Waals surface area contributed by atoms with Gasteiger partial charge in [-0.3, -0.25) is 0 Å². The molecule has 0 aromatic carbocycles. The number of hydrogen-bond acceptors (Lipinski definition) is 4. The van der Waals surface area contributed by atoms with E-state index in [1.54, 1.807) is 0 Å². The Morgan fingerprint density at radius 1 is 1.50 bits per heavy atom. The molecule has 3 atom stereocenters. The lowest BCUT2D eigenvalue weighted by Crippen LogP contribution is -2.16. The molecular formula is C10H14N2OS. The molecule has 3 nitrogen and oxygen atoms in total. The summed E-state index contributed by atoms with van der Waals surface area (Å²) in [5.41, 5.74) is 0.951. The van der Waals surface area contributed by atoms with Crippen LogP contribution in [0.25, 0.3) is 0 Å². The highest BCUT2D eigenvalue weighted by atomic mass is 32.1. The number of fused-ring (bicyclic) bond motifs is 1. The van der Waals surface area contributed by atoms with E-state index in [1.165, 1.54) is 30.8 Å². The Morgan fingerprint density at radius 2 is 2.29 bits per heavy atom. The van der Waals surface area contributed by atoms with Crippen molar-refractivity contribution in [1.29, 1.82) is 0 Å². The van der Waals surface area contributed by atoms with Crippen molar-refractivity contribution in [3.8, 4) is 0 Å². The molecule has 0 saturated heterocycles. The molecule has 0 radical (unpaired) electrons. The Hall–Kier alpha value is -0.480. The van der Waals surface area contributed by atoms with E-state index in [1.807, 2.05) is 5.38 Å². The molecular weight excluding hydrogens is 196 g/mol. The van der Waals surface area contributed by atoms with Gasteiger partial charge >= 0.3 is 0 Å². The summed E-state index contributed by atoms with van der Waals surface area (Å²) >= 11 is 1.36. The van der Waals surface area contributed by atoms with Gasteiger partial charge in [-0.05, 0) is 42.1 Å². The highest BCUT2D eigenvalue weighted by Gasteiger charge is 2.55. The molecule has 2 fully saturated rings. The average Bonchev–Trinajstić information content (AvgIpc) is 2.63. The van der Waals surface area contributed by atoms with Crippen LogP contribution < -0.4 is 0 Å². The van der Waals surface area contributed by atoms with Gasteiger partial charge in [-0.1, -0.05) is 10.9 Å². The van der Waals surface area contributed by atoms with Crippen LogP contribution in [0.4, 0.5) is 0 Å². The standard InChI is InChI=1S/C10H14N2OS/c13-9(4-6-5-14-12-11-6)10-7-2-1-3-8(7)10/h5,7-10,13H,1-4H2. The van der Waals surface area contributed by atoms with Crippen molar-refractivity contribution in [2.75, 3.05) is 0 Å². The van der Waals surface area contributed by atoms with E-state index in [9.17, 15) is 5.11 Å². The second-order valence-corrected chi connectivity index (χ2v) is 5.11. The monoisotopic (exact) mass is 210 g/mol. The van der Waals surface area contributed by atoms with Crippen molar-refractivity contribution < 1.29 is 5.11 Å². The molecule has 4 heteroatoms. The zero-order valence-electron chi connectivity index (χ0n) is 7.97. The van der Waals surface area contributed by atoms with E-state index in [-0.39, 0.29) is 6.10 Å². The van der Waals surface area contributed by atoms with Gasteiger partial charge in [-0.15, -0.1) is 5.10 Å². The second-order valence-electron chi connectivity index (χ2n) is 4.50. The first-order valence-electron chi connectivity index (χ1n) is 5.30. The predicted molar refractivity (Wildman–Crippen MR) is 53.9 cm³/mol. The minimum Gasteiger partial charge on any atom is -0.392 e. The van der Waals surface area contributed by atoms with Gasteiger partial charge in [0, 0.05) is 11.8 Å². The number of aliphatic hydroxyl groups is 1. The number of aromatic nitrogens is 2. The molecule has 0 bridgehead atoms. The van der Waals surface area contributed by atoms with Crippen molar-refractivity contribution in [2.24, 2.45) is 17.8 Å². The van der Waals surface area contributed by atoms with Crippen LogP contribution in [-0.2, 0) is 6.42 Å². The third kappa shape index (κ3) is 1.37. The summed E-state index contributed by atoms with van der Waals surface area (Å²) in [7, 11) is 0. The third-order valence-electron chi connectivity index (χ3n) is 3.74. The molecule has 3 rings (SSSR count). The van der Waals surface area contributed by atoms with Crippen LogP contribution in [0.1, 0.15) is 25.0 Å². The third-order valence-corrected chi connectivity index (χ3v) is 4.29. The minimum absolute atomic E-state index is 0.172. The van der Waals surface area contributed by atoms with E-state index in [4.69, 9.17) is 0 Å². The minimum atomic E-state index is -0.172. The molecule has 2 saturated carbocycles. The van der Waals surface area contributed by atoms with Crippen LogP contribution in [0.15, 0.2) is 5.38 Å². The number of nitrogens with zero attached hydrogens (tertiary/aromatic N) is 2. The molecule has 1 heterocycles. The molecule has 76 valence electrons. The molecule has 3 unspecified atom stereocenters. The Bertz CT molecular complexity index is 304. The Balaban J connectivity index is 1.59. The van der Waals surface area contributed by atoms with Crippen LogP contribution in [0.5, 0.6) is 0 Å². The Labute approximate surface area is 87.3 Å². The molecule has 2 aliphatic carbocycles. The maximum atomic E-state index is 10.0. The first-order chi connectivity index (χ1) is 6.86. The topological polar surface area (TPSA) is 46.0 Å². The van der Waals surface area contributed by atoms with Gasteiger partial charge in [-0.2, -0.15) is 0 Å². The fourth-order valence-corrected chi connectivity index (χ4v) is 3.54. The average molecular weight is 210 g/mol. The van der Waals surface area contributed by atoms with Crippen LogP contribution in [0, 0.1) is 17.8 Å². The van der Waals surface area contributed by atoms with Gasteiger partial charge in [0.1, 0.15) is 0 Å². The molecule has 1 aromatic heterocycles. The van der Waals surface area contributed by atoms with Crippen molar-refractivity contribution in [3.05, 3.63) is 11.1 Å². The van der Waals surface area contributed by atoms with Gasteiger partial charge in [0.2, 0.25) is 0 Å². The normalized spacial score (nSPS) is 36.8. The van der Waals surface area contributed by atoms with Crippen LogP contribution in [0.3, 0.4) is 0 Å². The SMILES string of the molecule is OC(Cc1csnn1)C1C2CCCC21. The molecule has 1 aromatic rings. The fourth-order valence-electron chi connectivity index (χ4n) is 3.07. The largest absolute Gasteiger partial charge is 0.392 e. The van der Waals surface area contributed by atoms with Crippen LogP contribution in [-0.4, -0.2) is 20.8 Å². The summed E-state index contributed by atoms with van der Waals surface area (Å²) in [5.74, 6) is 2.23. The number of hydrogen-bond donors (Lipinski definition) is 1.